The Labute approximate surface area is 133 Å². The van der Waals surface area contributed by atoms with Crippen molar-refractivity contribution in [2.45, 2.75) is 26.3 Å². The highest BCUT2D eigenvalue weighted by molar-refractivity contribution is 9.10. The monoisotopic (exact) mass is 346 g/mol. The molecule has 2 rings (SSSR count). The molecule has 0 aromatic heterocycles. The van der Waals surface area contributed by atoms with Crippen LogP contribution in [0, 0.1) is 6.92 Å². The molecule has 0 saturated heterocycles. The van der Waals surface area contributed by atoms with Gasteiger partial charge in [0, 0.05) is 21.8 Å². The van der Waals surface area contributed by atoms with Crippen LogP contribution in [0.3, 0.4) is 0 Å². The van der Waals surface area contributed by atoms with Gasteiger partial charge in [-0.2, -0.15) is 0 Å². The average molecular weight is 347 g/mol. The van der Waals surface area contributed by atoms with E-state index >= 15 is 0 Å². The van der Waals surface area contributed by atoms with Gasteiger partial charge in [0.25, 0.3) is 5.91 Å². The molecule has 0 bridgehead atoms. The molecule has 110 valence electrons. The molecule has 0 saturated carbocycles. The van der Waals surface area contributed by atoms with Gasteiger partial charge in [0.05, 0.1) is 0 Å². The number of rotatable bonds is 4. The van der Waals surface area contributed by atoms with Crippen molar-refractivity contribution >= 4 is 27.5 Å². The molecule has 21 heavy (non-hydrogen) atoms. The van der Waals surface area contributed by atoms with Crippen LogP contribution in [0.2, 0.25) is 0 Å². The van der Waals surface area contributed by atoms with Gasteiger partial charge in [-0.15, -0.1) is 0 Å². The Morgan fingerprint density at radius 1 is 1.29 bits per heavy atom. The lowest BCUT2D eigenvalue weighted by molar-refractivity contribution is 0.0939. The highest BCUT2D eigenvalue weighted by atomic mass is 79.9. The van der Waals surface area contributed by atoms with E-state index in [0.29, 0.717) is 11.3 Å². The number of nitrogen functional groups attached to an aromatic ring is 1. The van der Waals surface area contributed by atoms with Crippen LogP contribution in [0.4, 0.5) is 5.69 Å². The Kier molecular flexibility index (Phi) is 5.02. The summed E-state index contributed by atoms with van der Waals surface area (Å²) in [5.74, 6) is -0.0936. The van der Waals surface area contributed by atoms with E-state index in [1.54, 1.807) is 12.1 Å². The van der Waals surface area contributed by atoms with Crippen LogP contribution in [-0.2, 0) is 6.42 Å². The molecule has 4 heteroatoms. The Morgan fingerprint density at radius 3 is 2.62 bits per heavy atom. The van der Waals surface area contributed by atoms with E-state index in [1.807, 2.05) is 32.0 Å². The fourth-order valence-electron chi connectivity index (χ4n) is 2.26. The zero-order valence-electron chi connectivity index (χ0n) is 12.2. The van der Waals surface area contributed by atoms with Gasteiger partial charge in [-0.1, -0.05) is 46.3 Å². The number of halogens is 1. The van der Waals surface area contributed by atoms with Crippen LogP contribution in [0.5, 0.6) is 0 Å². The topological polar surface area (TPSA) is 55.1 Å². The van der Waals surface area contributed by atoms with Gasteiger partial charge in [-0.3, -0.25) is 4.79 Å². The van der Waals surface area contributed by atoms with Crippen LogP contribution < -0.4 is 11.1 Å². The second-order valence-electron chi connectivity index (χ2n) is 5.23. The minimum atomic E-state index is -0.0936. The summed E-state index contributed by atoms with van der Waals surface area (Å²) in [7, 11) is 0. The van der Waals surface area contributed by atoms with Crippen LogP contribution >= 0.6 is 15.9 Å². The summed E-state index contributed by atoms with van der Waals surface area (Å²) in [5.41, 5.74) is 9.14. The smallest absolute Gasteiger partial charge is 0.251 e. The number of amides is 1. The second kappa shape index (κ2) is 6.76. The molecular formula is C17H19BrN2O. The number of benzene rings is 2. The summed E-state index contributed by atoms with van der Waals surface area (Å²) in [6, 6.07) is 13.8. The summed E-state index contributed by atoms with van der Waals surface area (Å²) in [5, 5.41) is 3.02. The number of nitrogens with one attached hydrogen (secondary N) is 1. The highest BCUT2D eigenvalue weighted by Gasteiger charge is 2.14. The van der Waals surface area contributed by atoms with E-state index in [4.69, 9.17) is 5.73 Å². The lowest BCUT2D eigenvalue weighted by Gasteiger charge is -2.16. The molecule has 1 unspecified atom stereocenters. The minimum Gasteiger partial charge on any atom is -0.398 e. The Morgan fingerprint density at radius 2 is 1.95 bits per heavy atom. The van der Waals surface area contributed by atoms with Crippen LogP contribution in [-0.4, -0.2) is 11.9 Å². The lowest BCUT2D eigenvalue weighted by Crippen LogP contribution is -2.34. The van der Waals surface area contributed by atoms with Crippen molar-refractivity contribution in [1.29, 1.82) is 0 Å². The fourth-order valence-corrected chi connectivity index (χ4v) is 2.73. The van der Waals surface area contributed by atoms with Gasteiger partial charge >= 0.3 is 0 Å². The van der Waals surface area contributed by atoms with Crippen molar-refractivity contribution < 1.29 is 4.79 Å². The molecule has 0 fully saturated rings. The number of hydrogen-bond donors (Lipinski definition) is 2. The highest BCUT2D eigenvalue weighted by Crippen LogP contribution is 2.22. The molecule has 1 amide bonds. The normalized spacial score (nSPS) is 12.0. The van der Waals surface area contributed by atoms with E-state index < -0.39 is 0 Å². The number of carbonyl (C=O) groups is 1. The summed E-state index contributed by atoms with van der Waals surface area (Å²) < 4.78 is 0.812. The Bertz CT molecular complexity index is 641. The number of nitrogens with two attached hydrogens (primary N) is 1. The van der Waals surface area contributed by atoms with Crippen LogP contribution in [0.15, 0.2) is 46.9 Å². The fraction of sp³-hybridized carbons (Fsp3) is 0.235. The van der Waals surface area contributed by atoms with Crippen molar-refractivity contribution in [3.63, 3.8) is 0 Å². The predicted molar refractivity (Wildman–Crippen MR) is 90.4 cm³/mol. The molecular weight excluding hydrogens is 328 g/mol. The van der Waals surface area contributed by atoms with Gasteiger partial charge in [0.2, 0.25) is 0 Å². The van der Waals surface area contributed by atoms with Gasteiger partial charge in [-0.05, 0) is 43.5 Å². The zero-order valence-corrected chi connectivity index (χ0v) is 13.8. The van der Waals surface area contributed by atoms with Crippen LogP contribution in [0.1, 0.15) is 28.4 Å². The number of hydrogen-bond acceptors (Lipinski definition) is 2. The van der Waals surface area contributed by atoms with Crippen LogP contribution in [0.25, 0.3) is 0 Å². The first-order valence-corrected chi connectivity index (χ1v) is 7.67. The summed E-state index contributed by atoms with van der Waals surface area (Å²) in [6.07, 6.45) is 0.801. The largest absolute Gasteiger partial charge is 0.398 e. The SMILES string of the molecule is Cc1c(N)cc(Br)cc1C(=O)NC(C)Cc1ccccc1. The quantitative estimate of drug-likeness (QED) is 0.829. The van der Waals surface area contributed by atoms with E-state index in [-0.39, 0.29) is 11.9 Å². The van der Waals surface area contributed by atoms with Crippen molar-refractivity contribution in [3.05, 3.63) is 63.6 Å². The zero-order chi connectivity index (χ0) is 15.4. The summed E-state index contributed by atoms with van der Waals surface area (Å²) in [4.78, 5) is 12.4. The third kappa shape index (κ3) is 4.08. The van der Waals surface area contributed by atoms with E-state index in [2.05, 4.69) is 33.4 Å². The first-order chi connectivity index (χ1) is 9.97. The van der Waals surface area contributed by atoms with Crippen molar-refractivity contribution in [2.75, 3.05) is 5.73 Å². The molecule has 2 aromatic carbocycles. The number of carbonyl (C=O) groups excluding carboxylic acids is 1. The van der Waals surface area contributed by atoms with Gasteiger partial charge < -0.3 is 11.1 Å². The third-order valence-electron chi connectivity index (χ3n) is 3.42. The van der Waals surface area contributed by atoms with Gasteiger partial charge in [0.15, 0.2) is 0 Å². The molecule has 0 heterocycles. The molecule has 0 aliphatic carbocycles. The van der Waals surface area contributed by atoms with Gasteiger partial charge in [0.1, 0.15) is 0 Å². The van der Waals surface area contributed by atoms with Gasteiger partial charge in [-0.25, -0.2) is 0 Å². The molecule has 2 aromatic rings. The first kappa shape index (κ1) is 15.6. The molecule has 0 aliphatic rings. The minimum absolute atomic E-state index is 0.0551. The van der Waals surface area contributed by atoms with E-state index in [0.717, 1.165) is 16.5 Å². The Hall–Kier alpha value is -1.81. The lowest BCUT2D eigenvalue weighted by atomic mass is 10.0. The van der Waals surface area contributed by atoms with E-state index in [9.17, 15) is 4.79 Å². The number of anilines is 1. The molecule has 0 aliphatic heterocycles. The Balaban J connectivity index is 2.08. The summed E-state index contributed by atoms with van der Waals surface area (Å²) in [6.45, 7) is 3.86. The molecule has 0 radical (unpaired) electrons. The van der Waals surface area contributed by atoms with Crippen molar-refractivity contribution in [1.82, 2.24) is 5.32 Å². The second-order valence-corrected chi connectivity index (χ2v) is 6.15. The molecule has 3 N–H and O–H groups in total. The van der Waals surface area contributed by atoms with Crippen molar-refractivity contribution in [3.8, 4) is 0 Å². The first-order valence-electron chi connectivity index (χ1n) is 6.87. The maximum Gasteiger partial charge on any atom is 0.251 e. The predicted octanol–water partition coefficient (Wildman–Crippen LogP) is 3.70. The third-order valence-corrected chi connectivity index (χ3v) is 3.88. The average Bonchev–Trinajstić information content (AvgIpc) is 2.43. The van der Waals surface area contributed by atoms with Crippen molar-refractivity contribution in [2.24, 2.45) is 0 Å². The maximum atomic E-state index is 12.4. The molecule has 3 nitrogen and oxygen atoms in total. The van der Waals surface area contributed by atoms with E-state index in [1.165, 1.54) is 5.56 Å². The molecule has 1 atom stereocenters. The maximum absolute atomic E-state index is 12.4. The standard InChI is InChI=1S/C17H19BrN2O/c1-11(8-13-6-4-3-5-7-13)20-17(21)15-9-14(18)10-16(19)12(15)2/h3-7,9-11H,8,19H2,1-2H3,(H,20,21). The molecule has 0 spiro atoms. The summed E-state index contributed by atoms with van der Waals surface area (Å²) >= 11 is 3.38.